The number of ether oxygens (including phenoxy) is 1. The summed E-state index contributed by atoms with van der Waals surface area (Å²) in [4.78, 5) is 15.7. The number of sulfonamides is 1. The zero-order valence-electron chi connectivity index (χ0n) is 15.2. The Labute approximate surface area is 154 Å². The Hall–Kier alpha value is -1.45. The molecule has 2 aliphatic rings. The third-order valence-electron chi connectivity index (χ3n) is 5.28. The number of carboxylic acid groups (broad SMARTS) is 1. The fourth-order valence-electron chi connectivity index (χ4n) is 3.85. The number of carbonyl (C=O) groups is 1. The molecule has 146 valence electrons. The van der Waals surface area contributed by atoms with Gasteiger partial charge in [0, 0.05) is 19.3 Å². The molecule has 1 aliphatic carbocycles. The van der Waals surface area contributed by atoms with Gasteiger partial charge in [0.15, 0.2) is 5.03 Å². The summed E-state index contributed by atoms with van der Waals surface area (Å²) in [5.41, 5.74) is -0.249. The molecule has 1 spiro atoms. The topological polar surface area (TPSA) is 111 Å². The lowest BCUT2D eigenvalue weighted by Gasteiger charge is -2.48. The lowest BCUT2D eigenvalue weighted by Crippen LogP contribution is -2.53. The maximum atomic E-state index is 12.7. The number of nitrogens with one attached hydrogen (secondary N) is 1. The van der Waals surface area contributed by atoms with E-state index in [1.165, 1.54) is 12.5 Å². The molecule has 1 aromatic rings. The van der Waals surface area contributed by atoms with Gasteiger partial charge < -0.3 is 14.4 Å². The molecule has 3 rings (SSSR count). The number of aromatic nitrogens is 2. The first-order chi connectivity index (χ1) is 12.2. The van der Waals surface area contributed by atoms with Gasteiger partial charge in [0.25, 0.3) is 10.0 Å². The van der Waals surface area contributed by atoms with Gasteiger partial charge in [0.2, 0.25) is 0 Å². The van der Waals surface area contributed by atoms with Crippen LogP contribution in [0.25, 0.3) is 0 Å². The van der Waals surface area contributed by atoms with Crippen molar-refractivity contribution in [2.45, 2.75) is 69.2 Å². The molecule has 2 unspecified atom stereocenters. The van der Waals surface area contributed by atoms with E-state index in [0.717, 1.165) is 19.3 Å². The third kappa shape index (κ3) is 4.10. The minimum absolute atomic E-state index is 0.144. The van der Waals surface area contributed by atoms with E-state index in [0.29, 0.717) is 31.9 Å². The van der Waals surface area contributed by atoms with E-state index in [1.54, 1.807) is 4.57 Å². The van der Waals surface area contributed by atoms with Gasteiger partial charge in [-0.3, -0.25) is 4.79 Å². The van der Waals surface area contributed by atoms with Crippen LogP contribution >= 0.6 is 0 Å². The van der Waals surface area contributed by atoms with Crippen LogP contribution in [0, 0.1) is 11.8 Å². The molecule has 1 saturated carbocycles. The van der Waals surface area contributed by atoms with Crippen LogP contribution in [0.1, 0.15) is 46.0 Å². The zero-order valence-corrected chi connectivity index (χ0v) is 16.0. The largest absolute Gasteiger partial charge is 0.480 e. The molecule has 0 radical (unpaired) electrons. The highest BCUT2D eigenvalue weighted by Crippen LogP contribution is 2.45. The van der Waals surface area contributed by atoms with Crippen molar-refractivity contribution in [1.82, 2.24) is 14.3 Å². The Morgan fingerprint density at radius 2 is 2.23 bits per heavy atom. The van der Waals surface area contributed by atoms with Crippen LogP contribution in [-0.4, -0.2) is 47.3 Å². The number of aliphatic carboxylic acids is 1. The van der Waals surface area contributed by atoms with Crippen LogP contribution in [0.2, 0.25) is 0 Å². The molecule has 1 aromatic heterocycles. The van der Waals surface area contributed by atoms with Crippen molar-refractivity contribution in [2.24, 2.45) is 11.8 Å². The number of rotatable bonds is 7. The molecule has 26 heavy (non-hydrogen) atoms. The van der Waals surface area contributed by atoms with Gasteiger partial charge in [-0.25, -0.2) is 13.4 Å². The maximum Gasteiger partial charge on any atom is 0.322 e. The fraction of sp³-hybridized carbons (Fsp3) is 0.765. The smallest absolute Gasteiger partial charge is 0.322 e. The van der Waals surface area contributed by atoms with Crippen molar-refractivity contribution in [2.75, 3.05) is 6.61 Å². The van der Waals surface area contributed by atoms with Gasteiger partial charge >= 0.3 is 5.97 Å². The summed E-state index contributed by atoms with van der Waals surface area (Å²) in [6.45, 7) is 5.16. The van der Waals surface area contributed by atoms with E-state index < -0.39 is 22.0 Å². The molecular formula is C17H27N3O5S. The predicted octanol–water partition coefficient (Wildman–Crippen LogP) is 1.62. The van der Waals surface area contributed by atoms with E-state index in [2.05, 4.69) is 9.71 Å². The van der Waals surface area contributed by atoms with E-state index >= 15 is 0 Å². The number of hydrogen-bond donors (Lipinski definition) is 2. The first-order valence-corrected chi connectivity index (χ1v) is 10.6. The summed E-state index contributed by atoms with van der Waals surface area (Å²) in [5, 5.41) is 9.48. The molecule has 0 aromatic carbocycles. The summed E-state index contributed by atoms with van der Waals surface area (Å²) in [6.07, 6.45) is 6.92. The van der Waals surface area contributed by atoms with Crippen LogP contribution in [-0.2, 0) is 26.1 Å². The zero-order chi connectivity index (χ0) is 18.9. The van der Waals surface area contributed by atoms with Crippen LogP contribution in [0.15, 0.2) is 17.6 Å². The molecule has 2 N–H and O–H groups in total. The molecule has 0 amide bonds. The predicted molar refractivity (Wildman–Crippen MR) is 94.1 cm³/mol. The van der Waals surface area contributed by atoms with Gasteiger partial charge in [-0.1, -0.05) is 13.8 Å². The van der Waals surface area contributed by atoms with Crippen LogP contribution in [0.4, 0.5) is 0 Å². The highest BCUT2D eigenvalue weighted by atomic mass is 32.2. The summed E-state index contributed by atoms with van der Waals surface area (Å²) < 4.78 is 35.2. The molecule has 2 atom stereocenters. The lowest BCUT2D eigenvalue weighted by atomic mass is 9.70. The van der Waals surface area contributed by atoms with E-state index in [4.69, 9.17) is 4.74 Å². The molecule has 8 nitrogen and oxygen atoms in total. The van der Waals surface area contributed by atoms with E-state index in [9.17, 15) is 18.3 Å². The average molecular weight is 385 g/mol. The fourth-order valence-corrected chi connectivity index (χ4v) is 5.05. The van der Waals surface area contributed by atoms with Gasteiger partial charge in [-0.15, -0.1) is 0 Å². The van der Waals surface area contributed by atoms with Crippen LogP contribution in [0.3, 0.4) is 0 Å². The SMILES string of the molecule is CC(C)Cn1cnc(S(=O)(=O)NC(C(=O)O)C2CCOC3(CCC3)C2)c1. The van der Waals surface area contributed by atoms with Crippen molar-refractivity contribution in [1.29, 1.82) is 0 Å². The Bertz CT molecular complexity index is 754. The first-order valence-electron chi connectivity index (χ1n) is 9.12. The summed E-state index contributed by atoms with van der Waals surface area (Å²) in [6, 6.07) is -1.17. The van der Waals surface area contributed by atoms with E-state index in [1.807, 2.05) is 13.8 Å². The third-order valence-corrected chi connectivity index (χ3v) is 6.60. The number of nitrogens with zero attached hydrogens (tertiary/aromatic N) is 2. The summed E-state index contributed by atoms with van der Waals surface area (Å²) in [7, 11) is -4.00. The monoisotopic (exact) mass is 385 g/mol. The molecule has 2 heterocycles. The minimum atomic E-state index is -4.00. The lowest BCUT2D eigenvalue weighted by molar-refractivity contribution is -0.157. The van der Waals surface area contributed by atoms with Crippen LogP contribution in [0.5, 0.6) is 0 Å². The Morgan fingerprint density at radius 3 is 2.81 bits per heavy atom. The Morgan fingerprint density at radius 1 is 1.50 bits per heavy atom. The second-order valence-corrected chi connectivity index (χ2v) is 9.54. The number of carboxylic acids is 1. The molecule has 0 bridgehead atoms. The number of imidazole rings is 1. The van der Waals surface area contributed by atoms with Crippen LogP contribution < -0.4 is 4.72 Å². The maximum absolute atomic E-state index is 12.7. The standard InChI is InChI=1S/C17H27N3O5S/c1-12(2)9-20-10-14(18-11-20)26(23,24)19-15(16(21)22)13-4-7-25-17(8-13)5-3-6-17/h10-13,15,19H,3-9H2,1-2H3,(H,21,22). The van der Waals surface area contributed by atoms with Crippen molar-refractivity contribution in [3.63, 3.8) is 0 Å². The molecule has 1 aliphatic heterocycles. The quantitative estimate of drug-likeness (QED) is 0.738. The van der Waals surface area contributed by atoms with Gasteiger partial charge in [0.1, 0.15) is 6.04 Å². The molecule has 9 heteroatoms. The molecule has 1 saturated heterocycles. The first kappa shape index (κ1) is 19.3. The van der Waals surface area contributed by atoms with Crippen molar-refractivity contribution in [3.05, 3.63) is 12.5 Å². The normalized spacial score (nSPS) is 23.7. The summed E-state index contributed by atoms with van der Waals surface area (Å²) >= 11 is 0. The summed E-state index contributed by atoms with van der Waals surface area (Å²) in [5.74, 6) is -1.09. The Kier molecular flexibility index (Phi) is 5.41. The molecule has 2 fully saturated rings. The average Bonchev–Trinajstić information content (AvgIpc) is 2.99. The highest BCUT2D eigenvalue weighted by Gasteiger charge is 2.46. The Balaban J connectivity index is 1.74. The van der Waals surface area contributed by atoms with Gasteiger partial charge in [-0.2, -0.15) is 4.72 Å². The van der Waals surface area contributed by atoms with Gasteiger partial charge in [-0.05, 0) is 43.9 Å². The molecular weight excluding hydrogens is 358 g/mol. The van der Waals surface area contributed by atoms with Crippen molar-refractivity contribution < 1.29 is 23.1 Å². The second kappa shape index (κ2) is 7.28. The highest BCUT2D eigenvalue weighted by molar-refractivity contribution is 7.89. The van der Waals surface area contributed by atoms with Crippen molar-refractivity contribution in [3.8, 4) is 0 Å². The minimum Gasteiger partial charge on any atom is -0.480 e. The van der Waals surface area contributed by atoms with Gasteiger partial charge in [0.05, 0.1) is 11.9 Å². The van der Waals surface area contributed by atoms with Crippen molar-refractivity contribution >= 4 is 16.0 Å². The number of hydrogen-bond acceptors (Lipinski definition) is 5. The second-order valence-electron chi connectivity index (χ2n) is 7.88. The van der Waals surface area contributed by atoms with E-state index in [-0.39, 0.29) is 16.5 Å².